The maximum Gasteiger partial charge on any atom is 0.514 e. The number of hydrogen-bond acceptors (Lipinski definition) is 7. The summed E-state index contributed by atoms with van der Waals surface area (Å²) in [6.07, 6.45) is 2.22. The number of hydrogen-bond donors (Lipinski definition) is 0. The SMILES string of the molecule is CC(C)(C)OC(=O)Oc1cccc(C2=CC3(CCN(C(=O)OC(C)(C)C)CC3)Oc3cc(OCc4ccccc4)ccc32)c1. The Hall–Kier alpha value is -4.46. The van der Waals surface area contributed by atoms with Gasteiger partial charge in [0.2, 0.25) is 0 Å². The van der Waals surface area contributed by atoms with Crippen LogP contribution >= 0.6 is 0 Å². The molecule has 0 N–H and O–H groups in total. The summed E-state index contributed by atoms with van der Waals surface area (Å²) in [7, 11) is 0. The summed E-state index contributed by atoms with van der Waals surface area (Å²) < 4.78 is 29.4. The van der Waals surface area contributed by atoms with Crippen LogP contribution in [0, 0.1) is 0 Å². The highest BCUT2D eigenvalue weighted by molar-refractivity contribution is 5.86. The van der Waals surface area contributed by atoms with Crippen LogP contribution in [-0.4, -0.2) is 47.0 Å². The molecule has 2 aliphatic heterocycles. The van der Waals surface area contributed by atoms with Gasteiger partial charge in [0.25, 0.3) is 0 Å². The third kappa shape index (κ3) is 7.92. The van der Waals surface area contributed by atoms with Gasteiger partial charge in [-0.2, -0.15) is 0 Å². The molecule has 0 aliphatic carbocycles. The fraction of sp³-hybridized carbons (Fsp3) is 0.389. The third-order valence-electron chi connectivity index (χ3n) is 7.21. The molecule has 1 spiro atoms. The lowest BCUT2D eigenvalue weighted by molar-refractivity contribution is -0.00129. The van der Waals surface area contributed by atoms with Crippen LogP contribution in [0.4, 0.5) is 9.59 Å². The second-order valence-corrected chi connectivity index (χ2v) is 13.2. The van der Waals surface area contributed by atoms with Crippen LogP contribution < -0.4 is 14.2 Å². The van der Waals surface area contributed by atoms with Gasteiger partial charge < -0.3 is 28.6 Å². The second-order valence-electron chi connectivity index (χ2n) is 13.2. The minimum atomic E-state index is -0.762. The standard InChI is InChI=1S/C36H41NO7/c1-34(2,3)43-32(38)37-19-17-36(18-20-37)23-30(26-13-10-14-28(21-26)41-33(39)44-35(4,5)6)29-16-15-27(22-31(29)42-36)40-24-25-11-8-7-9-12-25/h7-16,21-23H,17-20,24H2,1-6H3. The zero-order valence-electron chi connectivity index (χ0n) is 26.3. The van der Waals surface area contributed by atoms with Crippen molar-refractivity contribution in [3.63, 3.8) is 0 Å². The van der Waals surface area contributed by atoms with Crippen LogP contribution in [0.3, 0.4) is 0 Å². The third-order valence-corrected chi connectivity index (χ3v) is 7.21. The van der Waals surface area contributed by atoms with E-state index >= 15 is 0 Å². The first-order chi connectivity index (χ1) is 20.8. The monoisotopic (exact) mass is 599 g/mol. The molecule has 0 bridgehead atoms. The number of ether oxygens (including phenoxy) is 5. The molecule has 2 aliphatic rings. The van der Waals surface area contributed by atoms with Crippen molar-refractivity contribution in [2.75, 3.05) is 13.1 Å². The zero-order valence-corrected chi connectivity index (χ0v) is 26.3. The minimum Gasteiger partial charge on any atom is -0.489 e. The van der Waals surface area contributed by atoms with Gasteiger partial charge >= 0.3 is 12.2 Å². The molecule has 3 aromatic carbocycles. The van der Waals surface area contributed by atoms with Gasteiger partial charge in [-0.25, -0.2) is 9.59 Å². The number of carbonyl (C=O) groups excluding carboxylic acids is 2. The van der Waals surface area contributed by atoms with E-state index in [1.165, 1.54) is 0 Å². The van der Waals surface area contributed by atoms with Gasteiger partial charge in [-0.1, -0.05) is 42.5 Å². The summed E-state index contributed by atoms with van der Waals surface area (Å²) >= 11 is 0. The fourth-order valence-electron chi connectivity index (χ4n) is 5.20. The van der Waals surface area contributed by atoms with E-state index in [0.29, 0.717) is 49.8 Å². The molecule has 1 amide bonds. The van der Waals surface area contributed by atoms with Crippen molar-refractivity contribution in [3.8, 4) is 17.2 Å². The normalized spacial score (nSPS) is 15.9. The Kier molecular flexibility index (Phi) is 8.64. The predicted octanol–water partition coefficient (Wildman–Crippen LogP) is 8.17. The van der Waals surface area contributed by atoms with Crippen molar-refractivity contribution >= 4 is 17.8 Å². The van der Waals surface area contributed by atoms with E-state index in [4.69, 9.17) is 23.7 Å². The van der Waals surface area contributed by atoms with Gasteiger partial charge in [0, 0.05) is 37.6 Å². The van der Waals surface area contributed by atoms with E-state index in [2.05, 4.69) is 6.08 Å². The van der Waals surface area contributed by atoms with E-state index in [0.717, 1.165) is 22.3 Å². The molecule has 0 radical (unpaired) electrons. The highest BCUT2D eigenvalue weighted by atomic mass is 16.7. The topological polar surface area (TPSA) is 83.5 Å². The van der Waals surface area contributed by atoms with Crippen molar-refractivity contribution < 1.29 is 33.3 Å². The quantitative estimate of drug-likeness (QED) is 0.216. The van der Waals surface area contributed by atoms with Crippen LogP contribution in [0.5, 0.6) is 17.2 Å². The first-order valence-corrected chi connectivity index (χ1v) is 15.0. The van der Waals surface area contributed by atoms with Gasteiger partial charge in [0.1, 0.15) is 40.7 Å². The lowest BCUT2D eigenvalue weighted by Crippen LogP contribution is -2.50. The van der Waals surface area contributed by atoms with Crippen molar-refractivity contribution in [1.82, 2.24) is 4.90 Å². The number of piperidine rings is 1. The molecule has 5 rings (SSSR count). The Morgan fingerprint density at radius 3 is 2.20 bits per heavy atom. The highest BCUT2D eigenvalue weighted by Crippen LogP contribution is 2.45. The number of fused-ring (bicyclic) bond motifs is 1. The largest absolute Gasteiger partial charge is 0.514 e. The van der Waals surface area contributed by atoms with Crippen molar-refractivity contribution in [2.24, 2.45) is 0 Å². The average Bonchev–Trinajstić information content (AvgIpc) is 2.94. The zero-order chi connectivity index (χ0) is 31.5. The smallest absolute Gasteiger partial charge is 0.489 e. The molecule has 8 nitrogen and oxygen atoms in total. The predicted molar refractivity (Wildman–Crippen MR) is 168 cm³/mol. The van der Waals surface area contributed by atoms with E-state index in [1.807, 2.05) is 87.5 Å². The van der Waals surface area contributed by atoms with Gasteiger partial charge in [-0.15, -0.1) is 0 Å². The maximum atomic E-state index is 12.8. The molecule has 1 saturated heterocycles. The van der Waals surface area contributed by atoms with Gasteiger partial charge in [-0.05, 0) is 88.6 Å². The number of benzene rings is 3. The van der Waals surface area contributed by atoms with E-state index in [1.54, 1.807) is 31.7 Å². The number of rotatable bonds is 5. The molecule has 44 heavy (non-hydrogen) atoms. The average molecular weight is 600 g/mol. The Bertz CT molecular complexity index is 1520. The van der Waals surface area contributed by atoms with Crippen LogP contribution in [-0.2, 0) is 16.1 Å². The molecule has 0 aromatic heterocycles. The van der Waals surface area contributed by atoms with Gasteiger partial charge in [-0.3, -0.25) is 0 Å². The molecule has 3 aromatic rings. The second kappa shape index (κ2) is 12.3. The molecule has 2 heterocycles. The summed E-state index contributed by atoms with van der Waals surface area (Å²) in [5.74, 6) is 1.76. The van der Waals surface area contributed by atoms with Gasteiger partial charge in [0.15, 0.2) is 0 Å². The molecule has 0 unspecified atom stereocenters. The van der Waals surface area contributed by atoms with E-state index < -0.39 is 23.0 Å². The minimum absolute atomic E-state index is 0.323. The number of amides is 1. The number of carbonyl (C=O) groups is 2. The highest BCUT2D eigenvalue weighted by Gasteiger charge is 2.41. The molecule has 0 atom stereocenters. The van der Waals surface area contributed by atoms with Crippen LogP contribution in [0.15, 0.2) is 78.9 Å². The summed E-state index contributed by atoms with van der Waals surface area (Å²) in [5.41, 5.74) is 1.88. The maximum absolute atomic E-state index is 12.8. The van der Waals surface area contributed by atoms with Crippen molar-refractivity contribution in [3.05, 3.63) is 95.6 Å². The molecular formula is C36H41NO7. The van der Waals surface area contributed by atoms with E-state index in [9.17, 15) is 9.59 Å². The number of likely N-dealkylation sites (tertiary alicyclic amines) is 1. The van der Waals surface area contributed by atoms with Crippen molar-refractivity contribution in [2.45, 2.75) is 77.8 Å². The molecule has 232 valence electrons. The lowest BCUT2D eigenvalue weighted by Gasteiger charge is -2.43. The first-order valence-electron chi connectivity index (χ1n) is 15.0. The van der Waals surface area contributed by atoms with Crippen LogP contribution in [0.1, 0.15) is 71.1 Å². The summed E-state index contributed by atoms with van der Waals surface area (Å²) in [6.45, 7) is 12.4. The van der Waals surface area contributed by atoms with Crippen LogP contribution in [0.2, 0.25) is 0 Å². The molecule has 1 fully saturated rings. The number of nitrogens with zero attached hydrogens (tertiary/aromatic N) is 1. The molecule has 8 heteroatoms. The first kappa shape index (κ1) is 31.0. The Morgan fingerprint density at radius 2 is 1.52 bits per heavy atom. The molecule has 0 saturated carbocycles. The Balaban J connectivity index is 1.44. The summed E-state index contributed by atoms with van der Waals surface area (Å²) in [6, 6.07) is 23.2. The fourth-order valence-corrected chi connectivity index (χ4v) is 5.20. The molecular weight excluding hydrogens is 558 g/mol. The summed E-state index contributed by atoms with van der Waals surface area (Å²) in [5, 5.41) is 0. The van der Waals surface area contributed by atoms with E-state index in [-0.39, 0.29) is 6.09 Å². The van der Waals surface area contributed by atoms with Crippen molar-refractivity contribution in [1.29, 1.82) is 0 Å². The Labute approximate surface area is 259 Å². The van der Waals surface area contributed by atoms with Crippen LogP contribution in [0.25, 0.3) is 5.57 Å². The Morgan fingerprint density at radius 1 is 0.818 bits per heavy atom. The summed E-state index contributed by atoms with van der Waals surface area (Å²) in [4.78, 5) is 26.9. The van der Waals surface area contributed by atoms with Gasteiger partial charge in [0.05, 0.1) is 0 Å². The lowest BCUT2D eigenvalue weighted by atomic mass is 9.83.